The van der Waals surface area contributed by atoms with E-state index in [1.165, 1.54) is 22.3 Å². The monoisotopic (exact) mass is 244 g/mol. The largest absolute Gasteiger partial charge is 0.237 e. The molecule has 90 valence electrons. The van der Waals surface area contributed by atoms with Gasteiger partial charge in [-0.15, -0.1) is 0 Å². The van der Waals surface area contributed by atoms with Crippen LogP contribution in [0.25, 0.3) is 22.5 Å². The molecule has 2 nitrogen and oxygen atoms in total. The Morgan fingerprint density at radius 3 is 2.32 bits per heavy atom. The summed E-state index contributed by atoms with van der Waals surface area (Å²) in [5.41, 5.74) is 6.54. The molecule has 0 fully saturated rings. The van der Waals surface area contributed by atoms with E-state index in [2.05, 4.69) is 52.4 Å². The van der Waals surface area contributed by atoms with E-state index in [1.807, 2.05) is 6.07 Å². The summed E-state index contributed by atoms with van der Waals surface area (Å²) < 4.78 is 0. The number of benzene rings is 2. The van der Waals surface area contributed by atoms with E-state index in [1.54, 1.807) is 12.4 Å². The summed E-state index contributed by atoms with van der Waals surface area (Å²) in [4.78, 5) is 8.76. The summed E-state index contributed by atoms with van der Waals surface area (Å²) in [5, 5.41) is 0. The van der Waals surface area contributed by atoms with Crippen molar-refractivity contribution in [1.29, 1.82) is 0 Å². The first-order valence-electron chi connectivity index (χ1n) is 6.41. The third-order valence-electron chi connectivity index (χ3n) is 3.66. The van der Waals surface area contributed by atoms with Gasteiger partial charge in [0.1, 0.15) is 0 Å². The molecule has 19 heavy (non-hydrogen) atoms. The molecular weight excluding hydrogens is 232 g/mol. The number of hydrogen-bond donors (Lipinski definition) is 0. The molecule has 0 spiro atoms. The molecule has 0 aliphatic heterocycles. The van der Waals surface area contributed by atoms with Crippen molar-refractivity contribution in [3.8, 4) is 22.5 Å². The average molecular weight is 244 g/mol. The van der Waals surface area contributed by atoms with Gasteiger partial charge in [-0.05, 0) is 34.7 Å². The van der Waals surface area contributed by atoms with Crippen LogP contribution in [0.15, 0.2) is 60.9 Å². The highest BCUT2D eigenvalue weighted by atomic mass is 14.9. The zero-order valence-electron chi connectivity index (χ0n) is 10.4. The summed E-state index contributed by atoms with van der Waals surface area (Å²) in [6.45, 7) is 0. The van der Waals surface area contributed by atoms with E-state index in [-0.39, 0.29) is 0 Å². The standard InChI is InChI=1S/C17H12N2/c1-2-6-13-12(5-1)11-16-14(13)7-3-8-15(16)17-18-9-4-10-19-17/h1-10H,11H2. The van der Waals surface area contributed by atoms with Crippen LogP contribution in [-0.2, 0) is 6.42 Å². The molecule has 0 bridgehead atoms. The molecule has 3 aromatic rings. The summed E-state index contributed by atoms with van der Waals surface area (Å²) in [6, 6.07) is 16.8. The van der Waals surface area contributed by atoms with Gasteiger partial charge in [-0.2, -0.15) is 0 Å². The SMILES string of the molecule is c1cnc(-c2cccc3c2Cc2ccccc2-3)nc1. The molecular formula is C17H12N2. The van der Waals surface area contributed by atoms with Crippen LogP contribution >= 0.6 is 0 Å². The van der Waals surface area contributed by atoms with Crippen molar-refractivity contribution in [3.05, 3.63) is 72.1 Å². The van der Waals surface area contributed by atoms with Gasteiger partial charge >= 0.3 is 0 Å². The molecule has 0 saturated heterocycles. The molecule has 0 atom stereocenters. The smallest absolute Gasteiger partial charge is 0.159 e. The molecule has 0 unspecified atom stereocenters. The fourth-order valence-corrected chi connectivity index (χ4v) is 2.80. The third-order valence-corrected chi connectivity index (χ3v) is 3.66. The van der Waals surface area contributed by atoms with Crippen molar-refractivity contribution in [1.82, 2.24) is 9.97 Å². The van der Waals surface area contributed by atoms with Crippen LogP contribution in [0.1, 0.15) is 11.1 Å². The Morgan fingerprint density at radius 2 is 1.42 bits per heavy atom. The molecule has 1 aliphatic rings. The van der Waals surface area contributed by atoms with Crippen molar-refractivity contribution in [3.63, 3.8) is 0 Å². The minimum Gasteiger partial charge on any atom is -0.237 e. The number of fused-ring (bicyclic) bond motifs is 3. The number of nitrogens with zero attached hydrogens (tertiary/aromatic N) is 2. The van der Waals surface area contributed by atoms with E-state index in [0.29, 0.717) is 0 Å². The van der Waals surface area contributed by atoms with Crippen LogP contribution in [0.3, 0.4) is 0 Å². The van der Waals surface area contributed by atoms with Gasteiger partial charge in [0.2, 0.25) is 0 Å². The van der Waals surface area contributed by atoms with Crippen molar-refractivity contribution < 1.29 is 0 Å². The van der Waals surface area contributed by atoms with Crippen molar-refractivity contribution in [2.24, 2.45) is 0 Å². The summed E-state index contributed by atoms with van der Waals surface area (Å²) in [6.07, 6.45) is 4.56. The lowest BCUT2D eigenvalue weighted by molar-refractivity contribution is 1.15. The maximum Gasteiger partial charge on any atom is 0.159 e. The molecule has 0 N–H and O–H groups in total. The maximum atomic E-state index is 4.38. The second kappa shape index (κ2) is 4.02. The number of hydrogen-bond acceptors (Lipinski definition) is 2. The van der Waals surface area contributed by atoms with E-state index >= 15 is 0 Å². The first kappa shape index (κ1) is 10.4. The van der Waals surface area contributed by atoms with Gasteiger partial charge in [0.25, 0.3) is 0 Å². The minimum absolute atomic E-state index is 0.812. The molecule has 2 heteroatoms. The number of aromatic nitrogens is 2. The van der Waals surface area contributed by atoms with Crippen LogP contribution in [-0.4, -0.2) is 9.97 Å². The predicted octanol–water partition coefficient (Wildman–Crippen LogP) is 3.71. The lowest BCUT2D eigenvalue weighted by Gasteiger charge is -2.06. The Hall–Kier alpha value is -2.48. The van der Waals surface area contributed by atoms with Crippen LogP contribution < -0.4 is 0 Å². The van der Waals surface area contributed by atoms with E-state index in [0.717, 1.165) is 17.8 Å². The second-order valence-electron chi connectivity index (χ2n) is 4.74. The Labute approximate surface area is 111 Å². The molecule has 0 radical (unpaired) electrons. The van der Waals surface area contributed by atoms with E-state index in [4.69, 9.17) is 0 Å². The minimum atomic E-state index is 0.812. The summed E-state index contributed by atoms with van der Waals surface area (Å²) in [7, 11) is 0. The lowest BCUT2D eigenvalue weighted by atomic mass is 10.0. The van der Waals surface area contributed by atoms with Crippen LogP contribution in [0.4, 0.5) is 0 Å². The van der Waals surface area contributed by atoms with Crippen LogP contribution in [0.5, 0.6) is 0 Å². The Kier molecular flexibility index (Phi) is 2.21. The van der Waals surface area contributed by atoms with Gasteiger partial charge in [0.15, 0.2) is 5.82 Å². The van der Waals surface area contributed by atoms with Crippen molar-refractivity contribution >= 4 is 0 Å². The molecule has 0 saturated carbocycles. The Bertz CT molecular complexity index is 748. The maximum absolute atomic E-state index is 4.38. The molecule has 1 aromatic heterocycles. The van der Waals surface area contributed by atoms with Gasteiger partial charge < -0.3 is 0 Å². The van der Waals surface area contributed by atoms with Crippen LogP contribution in [0, 0.1) is 0 Å². The first-order chi connectivity index (χ1) is 9.43. The molecule has 2 aromatic carbocycles. The lowest BCUT2D eigenvalue weighted by Crippen LogP contribution is -1.92. The van der Waals surface area contributed by atoms with Gasteiger partial charge in [0, 0.05) is 18.0 Å². The summed E-state index contributed by atoms with van der Waals surface area (Å²) in [5.74, 6) is 0.812. The third kappa shape index (κ3) is 1.57. The fraction of sp³-hybridized carbons (Fsp3) is 0.0588. The van der Waals surface area contributed by atoms with Crippen molar-refractivity contribution in [2.75, 3.05) is 0 Å². The highest BCUT2D eigenvalue weighted by Crippen LogP contribution is 2.40. The highest BCUT2D eigenvalue weighted by molar-refractivity contribution is 5.83. The number of rotatable bonds is 1. The zero-order valence-corrected chi connectivity index (χ0v) is 10.4. The summed E-state index contributed by atoms with van der Waals surface area (Å²) >= 11 is 0. The van der Waals surface area contributed by atoms with E-state index in [9.17, 15) is 0 Å². The highest BCUT2D eigenvalue weighted by Gasteiger charge is 2.21. The second-order valence-corrected chi connectivity index (χ2v) is 4.74. The fourth-order valence-electron chi connectivity index (χ4n) is 2.80. The predicted molar refractivity (Wildman–Crippen MR) is 75.7 cm³/mol. The molecule has 4 rings (SSSR count). The average Bonchev–Trinajstić information content (AvgIpc) is 2.87. The topological polar surface area (TPSA) is 25.8 Å². The Balaban J connectivity index is 1.95. The van der Waals surface area contributed by atoms with Gasteiger partial charge in [0.05, 0.1) is 0 Å². The molecule has 1 heterocycles. The molecule has 1 aliphatic carbocycles. The van der Waals surface area contributed by atoms with Crippen LogP contribution in [0.2, 0.25) is 0 Å². The quantitative estimate of drug-likeness (QED) is 0.510. The van der Waals surface area contributed by atoms with Gasteiger partial charge in [-0.25, -0.2) is 9.97 Å². The Morgan fingerprint density at radius 1 is 0.684 bits per heavy atom. The van der Waals surface area contributed by atoms with Gasteiger partial charge in [-0.1, -0.05) is 42.5 Å². The van der Waals surface area contributed by atoms with E-state index < -0.39 is 0 Å². The zero-order chi connectivity index (χ0) is 12.7. The molecule has 0 amide bonds. The normalized spacial score (nSPS) is 12.0. The van der Waals surface area contributed by atoms with Crippen molar-refractivity contribution in [2.45, 2.75) is 6.42 Å². The van der Waals surface area contributed by atoms with Gasteiger partial charge in [-0.3, -0.25) is 0 Å². The first-order valence-corrected chi connectivity index (χ1v) is 6.41.